The van der Waals surface area contributed by atoms with Gasteiger partial charge in [0.1, 0.15) is 5.75 Å². The monoisotopic (exact) mass is 286 g/mol. The SMILES string of the molecule is O=C(NCCO)c1ccc(NCc2cccc(O)c2)cc1. The minimum Gasteiger partial charge on any atom is -0.508 e. The number of nitrogens with one attached hydrogen (secondary N) is 2. The number of aliphatic hydroxyl groups is 1. The van der Waals surface area contributed by atoms with Crippen molar-refractivity contribution in [2.45, 2.75) is 6.54 Å². The molecule has 21 heavy (non-hydrogen) atoms. The first-order valence-corrected chi connectivity index (χ1v) is 6.70. The van der Waals surface area contributed by atoms with Gasteiger partial charge in [-0.3, -0.25) is 4.79 Å². The number of amides is 1. The molecule has 0 saturated carbocycles. The molecule has 110 valence electrons. The maximum atomic E-state index is 11.7. The van der Waals surface area contributed by atoms with Crippen LogP contribution in [0.3, 0.4) is 0 Å². The number of phenols is 1. The van der Waals surface area contributed by atoms with Gasteiger partial charge in [-0.25, -0.2) is 0 Å². The number of carbonyl (C=O) groups excluding carboxylic acids is 1. The Balaban J connectivity index is 1.92. The molecule has 0 aliphatic heterocycles. The molecule has 0 radical (unpaired) electrons. The van der Waals surface area contributed by atoms with Gasteiger partial charge in [-0.15, -0.1) is 0 Å². The second-order valence-corrected chi connectivity index (χ2v) is 4.58. The molecule has 0 aromatic heterocycles. The molecule has 0 atom stereocenters. The van der Waals surface area contributed by atoms with E-state index in [4.69, 9.17) is 5.11 Å². The van der Waals surface area contributed by atoms with Crippen molar-refractivity contribution in [1.82, 2.24) is 5.32 Å². The molecule has 2 aromatic carbocycles. The molecule has 2 rings (SSSR count). The molecule has 0 aliphatic rings. The second-order valence-electron chi connectivity index (χ2n) is 4.58. The highest BCUT2D eigenvalue weighted by molar-refractivity contribution is 5.94. The number of hydrogen-bond acceptors (Lipinski definition) is 4. The number of aliphatic hydroxyl groups excluding tert-OH is 1. The number of aromatic hydroxyl groups is 1. The Bertz CT molecular complexity index is 597. The fraction of sp³-hybridized carbons (Fsp3) is 0.188. The minimum atomic E-state index is -0.205. The van der Waals surface area contributed by atoms with Crippen LogP contribution in [0.4, 0.5) is 5.69 Å². The Kier molecular flexibility index (Phi) is 5.17. The normalized spacial score (nSPS) is 10.1. The molecule has 0 bridgehead atoms. The Labute approximate surface area is 123 Å². The first-order valence-electron chi connectivity index (χ1n) is 6.70. The van der Waals surface area contributed by atoms with Gasteiger partial charge in [0.25, 0.3) is 5.91 Å². The van der Waals surface area contributed by atoms with Gasteiger partial charge in [0.15, 0.2) is 0 Å². The van der Waals surface area contributed by atoms with Gasteiger partial charge in [0.05, 0.1) is 6.61 Å². The number of benzene rings is 2. The van der Waals surface area contributed by atoms with E-state index in [-0.39, 0.29) is 24.8 Å². The molecule has 1 amide bonds. The standard InChI is InChI=1S/C16H18N2O3/c19-9-8-17-16(21)13-4-6-14(7-5-13)18-11-12-2-1-3-15(20)10-12/h1-7,10,18-20H,8-9,11H2,(H,17,21). The van der Waals surface area contributed by atoms with Crippen molar-refractivity contribution in [3.63, 3.8) is 0 Å². The van der Waals surface area contributed by atoms with Crippen molar-refractivity contribution in [3.8, 4) is 5.75 Å². The molecule has 5 nitrogen and oxygen atoms in total. The maximum Gasteiger partial charge on any atom is 0.251 e. The van der Waals surface area contributed by atoms with Crippen molar-refractivity contribution in [2.75, 3.05) is 18.5 Å². The summed E-state index contributed by atoms with van der Waals surface area (Å²) in [6.45, 7) is 0.760. The van der Waals surface area contributed by atoms with E-state index in [9.17, 15) is 9.90 Å². The maximum absolute atomic E-state index is 11.7. The molecule has 4 N–H and O–H groups in total. The molecule has 0 heterocycles. The Morgan fingerprint density at radius 3 is 2.52 bits per heavy atom. The van der Waals surface area contributed by atoms with E-state index in [0.29, 0.717) is 12.1 Å². The third-order valence-electron chi connectivity index (χ3n) is 2.95. The lowest BCUT2D eigenvalue weighted by Gasteiger charge is -2.08. The second kappa shape index (κ2) is 7.31. The summed E-state index contributed by atoms with van der Waals surface area (Å²) < 4.78 is 0. The van der Waals surface area contributed by atoms with Crippen LogP contribution in [0.5, 0.6) is 5.75 Å². The summed E-state index contributed by atoms with van der Waals surface area (Å²) >= 11 is 0. The van der Waals surface area contributed by atoms with Crippen molar-refractivity contribution < 1.29 is 15.0 Å². The molecule has 0 aliphatic carbocycles. The molecule has 2 aromatic rings. The lowest BCUT2D eigenvalue weighted by Crippen LogP contribution is -2.26. The summed E-state index contributed by atoms with van der Waals surface area (Å²) in [5.41, 5.74) is 2.41. The van der Waals surface area contributed by atoms with E-state index in [1.54, 1.807) is 30.3 Å². The third kappa shape index (κ3) is 4.50. The Morgan fingerprint density at radius 2 is 1.86 bits per heavy atom. The molecule has 0 fully saturated rings. The predicted molar refractivity (Wildman–Crippen MR) is 81.3 cm³/mol. The lowest BCUT2D eigenvalue weighted by atomic mass is 10.1. The summed E-state index contributed by atoms with van der Waals surface area (Å²) in [7, 11) is 0. The smallest absolute Gasteiger partial charge is 0.251 e. The van der Waals surface area contributed by atoms with Crippen LogP contribution in [0.2, 0.25) is 0 Å². The van der Waals surface area contributed by atoms with Gasteiger partial charge in [0, 0.05) is 24.3 Å². The van der Waals surface area contributed by atoms with E-state index < -0.39 is 0 Å². The number of carbonyl (C=O) groups is 1. The van der Waals surface area contributed by atoms with Crippen molar-refractivity contribution in [1.29, 1.82) is 0 Å². The van der Waals surface area contributed by atoms with E-state index in [2.05, 4.69) is 10.6 Å². The van der Waals surface area contributed by atoms with E-state index in [0.717, 1.165) is 11.3 Å². The number of phenolic OH excluding ortho intramolecular Hbond substituents is 1. The van der Waals surface area contributed by atoms with E-state index in [1.165, 1.54) is 0 Å². The first kappa shape index (κ1) is 14.9. The van der Waals surface area contributed by atoms with E-state index >= 15 is 0 Å². The van der Waals surface area contributed by atoms with Gasteiger partial charge in [0.2, 0.25) is 0 Å². The van der Waals surface area contributed by atoms with Gasteiger partial charge < -0.3 is 20.8 Å². The van der Waals surface area contributed by atoms with E-state index in [1.807, 2.05) is 18.2 Å². The summed E-state index contributed by atoms with van der Waals surface area (Å²) in [4.78, 5) is 11.7. The zero-order valence-electron chi connectivity index (χ0n) is 11.5. The summed E-state index contributed by atoms with van der Waals surface area (Å²) in [5.74, 6) is 0.0359. The molecule has 0 spiro atoms. The minimum absolute atomic E-state index is 0.0741. The number of hydrogen-bond donors (Lipinski definition) is 4. The molecular weight excluding hydrogens is 268 g/mol. The molecular formula is C16H18N2O3. The first-order chi connectivity index (χ1) is 10.2. The van der Waals surface area contributed by atoms with Gasteiger partial charge >= 0.3 is 0 Å². The topological polar surface area (TPSA) is 81.6 Å². The van der Waals surface area contributed by atoms with Gasteiger partial charge in [-0.05, 0) is 42.0 Å². The quantitative estimate of drug-likeness (QED) is 0.652. The van der Waals surface area contributed by atoms with Crippen LogP contribution in [-0.2, 0) is 6.54 Å². The van der Waals surface area contributed by atoms with Crippen molar-refractivity contribution >= 4 is 11.6 Å². The van der Waals surface area contributed by atoms with Crippen molar-refractivity contribution in [2.24, 2.45) is 0 Å². The predicted octanol–water partition coefficient (Wildman–Crippen LogP) is 1.73. The summed E-state index contributed by atoms with van der Waals surface area (Å²) in [6, 6.07) is 14.1. The Hall–Kier alpha value is -2.53. The van der Waals surface area contributed by atoms with Crippen LogP contribution in [-0.4, -0.2) is 29.3 Å². The zero-order valence-corrected chi connectivity index (χ0v) is 11.5. The number of rotatable bonds is 6. The fourth-order valence-electron chi connectivity index (χ4n) is 1.88. The molecule has 0 unspecified atom stereocenters. The highest BCUT2D eigenvalue weighted by Gasteiger charge is 2.04. The van der Waals surface area contributed by atoms with Crippen molar-refractivity contribution in [3.05, 3.63) is 59.7 Å². The van der Waals surface area contributed by atoms with Crippen LogP contribution in [0.25, 0.3) is 0 Å². The molecule has 5 heteroatoms. The van der Waals surface area contributed by atoms with Crippen LogP contribution in [0.15, 0.2) is 48.5 Å². The fourth-order valence-corrected chi connectivity index (χ4v) is 1.88. The van der Waals surface area contributed by atoms with Crippen LogP contribution in [0, 0.1) is 0 Å². The highest BCUT2D eigenvalue weighted by atomic mass is 16.3. The summed E-state index contributed by atoms with van der Waals surface area (Å²) in [6.07, 6.45) is 0. The van der Waals surface area contributed by atoms with Crippen LogP contribution >= 0.6 is 0 Å². The average molecular weight is 286 g/mol. The van der Waals surface area contributed by atoms with Gasteiger partial charge in [-0.1, -0.05) is 12.1 Å². The van der Waals surface area contributed by atoms with Crippen LogP contribution in [0.1, 0.15) is 15.9 Å². The van der Waals surface area contributed by atoms with Gasteiger partial charge in [-0.2, -0.15) is 0 Å². The largest absolute Gasteiger partial charge is 0.508 e. The molecule has 0 saturated heterocycles. The number of anilines is 1. The Morgan fingerprint density at radius 1 is 1.10 bits per heavy atom. The lowest BCUT2D eigenvalue weighted by molar-refractivity contribution is 0.0945. The zero-order chi connectivity index (χ0) is 15.1. The van der Waals surface area contributed by atoms with Crippen LogP contribution < -0.4 is 10.6 Å². The average Bonchev–Trinajstić information content (AvgIpc) is 2.51. The summed E-state index contributed by atoms with van der Waals surface area (Å²) in [5, 5.41) is 23.9. The third-order valence-corrected chi connectivity index (χ3v) is 2.95. The highest BCUT2D eigenvalue weighted by Crippen LogP contribution is 2.14.